The van der Waals surface area contributed by atoms with Gasteiger partial charge in [-0.3, -0.25) is 4.79 Å². The minimum atomic E-state index is -0.0333. The summed E-state index contributed by atoms with van der Waals surface area (Å²) < 4.78 is 10.5. The highest BCUT2D eigenvalue weighted by molar-refractivity contribution is 7.09. The summed E-state index contributed by atoms with van der Waals surface area (Å²) in [5.41, 5.74) is 0.716. The number of rotatable bonds is 4. The lowest BCUT2D eigenvalue weighted by atomic mass is 10.2. The predicted octanol–water partition coefficient (Wildman–Crippen LogP) is 2.44. The molecule has 1 aromatic carbocycles. The molecule has 0 saturated carbocycles. The van der Waals surface area contributed by atoms with Crippen molar-refractivity contribution in [3.63, 3.8) is 0 Å². The minimum absolute atomic E-state index is 0.0333. The Labute approximate surface area is 114 Å². The lowest BCUT2D eigenvalue weighted by Crippen LogP contribution is -2.12. The Morgan fingerprint density at radius 1 is 1.37 bits per heavy atom. The van der Waals surface area contributed by atoms with Gasteiger partial charge in [-0.05, 0) is 12.1 Å². The number of amides is 1. The molecule has 1 aromatic heterocycles. The van der Waals surface area contributed by atoms with Gasteiger partial charge in [0.2, 0.25) is 12.7 Å². The lowest BCUT2D eigenvalue weighted by Gasteiger charge is -2.05. The van der Waals surface area contributed by atoms with E-state index >= 15 is 0 Å². The number of aromatic nitrogens is 1. The Balaban J connectivity index is 1.57. The molecule has 2 aromatic rings. The van der Waals surface area contributed by atoms with Crippen LogP contribution in [0.1, 0.15) is 11.4 Å². The number of nitrogens with zero attached hydrogens (tertiary/aromatic N) is 1. The Kier molecular flexibility index (Phi) is 3.33. The summed E-state index contributed by atoms with van der Waals surface area (Å²) in [5, 5.41) is 5.72. The lowest BCUT2D eigenvalue weighted by molar-refractivity contribution is -0.116. The van der Waals surface area contributed by atoms with Crippen molar-refractivity contribution in [1.82, 2.24) is 4.98 Å². The topological polar surface area (TPSA) is 60.5 Å². The fourth-order valence-electron chi connectivity index (χ4n) is 1.79. The highest BCUT2D eigenvalue weighted by Gasteiger charge is 2.14. The average Bonchev–Trinajstić information content (AvgIpc) is 3.07. The highest BCUT2D eigenvalue weighted by Crippen LogP contribution is 2.34. The number of anilines is 1. The van der Waals surface area contributed by atoms with E-state index in [4.69, 9.17) is 9.47 Å². The third-order valence-electron chi connectivity index (χ3n) is 2.71. The summed E-state index contributed by atoms with van der Waals surface area (Å²) in [5.74, 6) is 1.34. The normalized spacial score (nSPS) is 12.4. The molecule has 0 bridgehead atoms. The molecule has 98 valence electrons. The first-order valence-corrected chi connectivity index (χ1v) is 6.77. The zero-order chi connectivity index (χ0) is 13.1. The van der Waals surface area contributed by atoms with Crippen LogP contribution in [-0.2, 0) is 11.2 Å². The molecule has 2 heterocycles. The van der Waals surface area contributed by atoms with Gasteiger partial charge in [-0.2, -0.15) is 0 Å². The van der Waals surface area contributed by atoms with Crippen molar-refractivity contribution in [1.29, 1.82) is 0 Å². The van der Waals surface area contributed by atoms with Gasteiger partial charge in [0.1, 0.15) is 0 Å². The van der Waals surface area contributed by atoms with Crippen LogP contribution in [0, 0.1) is 0 Å². The van der Waals surface area contributed by atoms with Crippen LogP contribution in [0.3, 0.4) is 0 Å². The third kappa shape index (κ3) is 2.85. The van der Waals surface area contributed by atoms with E-state index in [0.29, 0.717) is 30.0 Å². The maximum Gasteiger partial charge on any atom is 0.231 e. The number of fused-ring (bicyclic) bond motifs is 1. The van der Waals surface area contributed by atoms with Crippen molar-refractivity contribution in [2.24, 2.45) is 0 Å². The van der Waals surface area contributed by atoms with Crippen molar-refractivity contribution in [2.75, 3.05) is 12.1 Å². The van der Waals surface area contributed by atoms with Crippen molar-refractivity contribution in [2.45, 2.75) is 12.8 Å². The maximum atomic E-state index is 11.8. The van der Waals surface area contributed by atoms with Gasteiger partial charge in [0.15, 0.2) is 11.5 Å². The monoisotopic (exact) mass is 276 g/mol. The fraction of sp³-hybridized carbons (Fsp3) is 0.231. The second kappa shape index (κ2) is 5.27. The van der Waals surface area contributed by atoms with E-state index in [1.54, 1.807) is 35.7 Å². The second-order valence-electron chi connectivity index (χ2n) is 4.04. The van der Waals surface area contributed by atoms with E-state index in [0.717, 1.165) is 5.01 Å². The number of hydrogen-bond donors (Lipinski definition) is 1. The SMILES string of the molecule is O=C(CCc1nccs1)Nc1ccc2c(c1)OCO2. The second-order valence-corrected chi connectivity index (χ2v) is 5.02. The van der Waals surface area contributed by atoms with Gasteiger partial charge in [-0.15, -0.1) is 11.3 Å². The van der Waals surface area contributed by atoms with Crippen LogP contribution in [-0.4, -0.2) is 17.7 Å². The smallest absolute Gasteiger partial charge is 0.231 e. The minimum Gasteiger partial charge on any atom is -0.454 e. The molecule has 0 atom stereocenters. The van der Waals surface area contributed by atoms with Crippen LogP contribution in [0.4, 0.5) is 5.69 Å². The van der Waals surface area contributed by atoms with Crippen LogP contribution < -0.4 is 14.8 Å². The van der Waals surface area contributed by atoms with Gasteiger partial charge in [-0.1, -0.05) is 0 Å². The number of benzene rings is 1. The Morgan fingerprint density at radius 2 is 2.26 bits per heavy atom. The molecule has 3 rings (SSSR count). The van der Waals surface area contributed by atoms with Crippen molar-refractivity contribution >= 4 is 22.9 Å². The van der Waals surface area contributed by atoms with Crippen LogP contribution in [0.15, 0.2) is 29.8 Å². The number of ether oxygens (including phenoxy) is 2. The Morgan fingerprint density at radius 3 is 3.11 bits per heavy atom. The standard InChI is InChI=1S/C13H12N2O3S/c16-12(3-4-13-14-5-6-19-13)15-9-1-2-10-11(7-9)18-8-17-10/h1-2,5-7H,3-4,8H2,(H,15,16). The van der Waals surface area contributed by atoms with Gasteiger partial charge in [0, 0.05) is 36.2 Å². The maximum absolute atomic E-state index is 11.8. The largest absolute Gasteiger partial charge is 0.454 e. The molecule has 1 N–H and O–H groups in total. The Bertz CT molecular complexity index is 584. The number of hydrogen-bond acceptors (Lipinski definition) is 5. The molecule has 5 nitrogen and oxygen atoms in total. The molecule has 0 radical (unpaired) electrons. The summed E-state index contributed by atoms with van der Waals surface area (Å²) in [4.78, 5) is 15.9. The van der Waals surface area contributed by atoms with Crippen LogP contribution in [0.25, 0.3) is 0 Å². The first-order valence-electron chi connectivity index (χ1n) is 5.89. The third-order valence-corrected chi connectivity index (χ3v) is 3.55. The molecule has 1 amide bonds. The molecule has 0 unspecified atom stereocenters. The van der Waals surface area contributed by atoms with Gasteiger partial charge < -0.3 is 14.8 Å². The summed E-state index contributed by atoms with van der Waals surface area (Å²) in [6.45, 7) is 0.233. The number of nitrogens with one attached hydrogen (secondary N) is 1. The van der Waals surface area contributed by atoms with E-state index in [1.807, 2.05) is 5.38 Å². The predicted molar refractivity (Wildman–Crippen MR) is 71.6 cm³/mol. The highest BCUT2D eigenvalue weighted by atomic mass is 32.1. The van der Waals surface area contributed by atoms with Gasteiger partial charge >= 0.3 is 0 Å². The summed E-state index contributed by atoms with van der Waals surface area (Å²) in [6.07, 6.45) is 2.83. The molecule has 19 heavy (non-hydrogen) atoms. The van der Waals surface area contributed by atoms with E-state index in [9.17, 15) is 4.79 Å². The van der Waals surface area contributed by atoms with E-state index in [2.05, 4.69) is 10.3 Å². The van der Waals surface area contributed by atoms with E-state index in [-0.39, 0.29) is 12.7 Å². The summed E-state index contributed by atoms with van der Waals surface area (Å²) >= 11 is 1.56. The van der Waals surface area contributed by atoms with Crippen molar-refractivity contribution < 1.29 is 14.3 Å². The molecule has 1 aliphatic heterocycles. The van der Waals surface area contributed by atoms with Crippen molar-refractivity contribution in [3.8, 4) is 11.5 Å². The molecule has 0 fully saturated rings. The fourth-order valence-corrected chi connectivity index (χ4v) is 2.42. The van der Waals surface area contributed by atoms with Crippen LogP contribution >= 0.6 is 11.3 Å². The zero-order valence-corrected chi connectivity index (χ0v) is 10.9. The first-order chi connectivity index (χ1) is 9.31. The van der Waals surface area contributed by atoms with Gasteiger partial charge in [-0.25, -0.2) is 4.98 Å². The molecule has 0 saturated heterocycles. The van der Waals surface area contributed by atoms with Gasteiger partial charge in [0.05, 0.1) is 5.01 Å². The summed E-state index contributed by atoms with van der Waals surface area (Å²) in [6, 6.07) is 5.36. The molecule has 6 heteroatoms. The number of carbonyl (C=O) groups is 1. The van der Waals surface area contributed by atoms with Gasteiger partial charge in [0.25, 0.3) is 0 Å². The van der Waals surface area contributed by atoms with E-state index in [1.165, 1.54) is 0 Å². The number of carbonyl (C=O) groups excluding carboxylic acids is 1. The zero-order valence-electron chi connectivity index (χ0n) is 10.1. The molecular formula is C13H12N2O3S. The first kappa shape index (κ1) is 12.0. The molecule has 0 aliphatic carbocycles. The summed E-state index contributed by atoms with van der Waals surface area (Å²) in [7, 11) is 0. The number of aryl methyl sites for hydroxylation is 1. The Hall–Kier alpha value is -2.08. The number of thiazole rings is 1. The molecule has 0 spiro atoms. The van der Waals surface area contributed by atoms with Crippen LogP contribution in [0.2, 0.25) is 0 Å². The molecule has 1 aliphatic rings. The van der Waals surface area contributed by atoms with Crippen LogP contribution in [0.5, 0.6) is 11.5 Å². The molecular weight excluding hydrogens is 264 g/mol. The van der Waals surface area contributed by atoms with E-state index < -0.39 is 0 Å². The van der Waals surface area contributed by atoms with Crippen molar-refractivity contribution in [3.05, 3.63) is 34.8 Å². The average molecular weight is 276 g/mol. The quantitative estimate of drug-likeness (QED) is 0.931.